The maximum absolute atomic E-state index is 12.5. The van der Waals surface area contributed by atoms with Crippen LogP contribution >= 0.6 is 0 Å². The molecule has 7 heteroatoms. The number of rotatable bonds is 5. The van der Waals surface area contributed by atoms with Crippen LogP contribution in [-0.2, 0) is 17.4 Å². The van der Waals surface area contributed by atoms with E-state index in [1.165, 1.54) is 24.3 Å². The fraction of sp³-hybridized carbons (Fsp3) is 0.222. The first-order chi connectivity index (χ1) is 11.7. The largest absolute Gasteiger partial charge is 0.478 e. The van der Waals surface area contributed by atoms with Crippen molar-refractivity contribution in [2.75, 3.05) is 5.32 Å². The first-order valence-corrected chi connectivity index (χ1v) is 7.48. The fourth-order valence-corrected chi connectivity index (χ4v) is 2.31. The SMILES string of the molecule is CC(Cc1ccc(C(F)(F)F)cc1)C(=O)Nc1ccccc1C(=O)O. The number of alkyl halides is 3. The number of hydrogen-bond donors (Lipinski definition) is 2. The number of para-hydroxylation sites is 1. The van der Waals surface area contributed by atoms with Gasteiger partial charge in [0.05, 0.1) is 16.8 Å². The molecule has 0 spiro atoms. The third-order valence-electron chi connectivity index (χ3n) is 3.69. The molecule has 0 heterocycles. The average Bonchev–Trinajstić information content (AvgIpc) is 2.54. The van der Waals surface area contributed by atoms with Crippen LogP contribution in [0.1, 0.15) is 28.4 Å². The molecule has 0 saturated heterocycles. The second-order valence-electron chi connectivity index (χ2n) is 5.64. The maximum Gasteiger partial charge on any atom is 0.416 e. The summed E-state index contributed by atoms with van der Waals surface area (Å²) in [6, 6.07) is 10.6. The highest BCUT2D eigenvalue weighted by molar-refractivity contribution is 6.01. The van der Waals surface area contributed by atoms with Gasteiger partial charge in [0, 0.05) is 5.92 Å². The van der Waals surface area contributed by atoms with Crippen molar-refractivity contribution in [3.63, 3.8) is 0 Å². The van der Waals surface area contributed by atoms with Crippen molar-refractivity contribution in [3.05, 3.63) is 65.2 Å². The van der Waals surface area contributed by atoms with Gasteiger partial charge in [-0.3, -0.25) is 4.79 Å². The monoisotopic (exact) mass is 351 g/mol. The zero-order chi connectivity index (χ0) is 18.6. The quantitative estimate of drug-likeness (QED) is 0.848. The molecule has 1 amide bonds. The number of nitrogens with one attached hydrogen (secondary N) is 1. The molecule has 2 aromatic carbocycles. The van der Waals surface area contributed by atoms with E-state index in [1.807, 2.05) is 0 Å². The van der Waals surface area contributed by atoms with E-state index >= 15 is 0 Å². The molecule has 0 fully saturated rings. The molecule has 1 atom stereocenters. The number of benzene rings is 2. The lowest BCUT2D eigenvalue weighted by Gasteiger charge is -2.14. The standard InChI is InChI=1S/C18H16F3NO3/c1-11(10-12-6-8-13(9-7-12)18(19,20)21)16(23)22-15-5-3-2-4-14(15)17(24)25/h2-9,11H,10H2,1H3,(H,22,23)(H,24,25). The molecule has 0 aliphatic heterocycles. The smallest absolute Gasteiger partial charge is 0.416 e. The average molecular weight is 351 g/mol. The second kappa shape index (κ2) is 7.38. The summed E-state index contributed by atoms with van der Waals surface area (Å²) in [5, 5.41) is 11.6. The number of halogens is 3. The molecule has 0 radical (unpaired) electrons. The van der Waals surface area contributed by atoms with Crippen molar-refractivity contribution in [2.24, 2.45) is 5.92 Å². The molecule has 2 rings (SSSR count). The Labute approximate surface area is 142 Å². The number of carboxylic acid groups (broad SMARTS) is 1. The van der Waals surface area contributed by atoms with Gasteiger partial charge in [-0.1, -0.05) is 31.2 Å². The van der Waals surface area contributed by atoms with Crippen LogP contribution in [0.25, 0.3) is 0 Å². The minimum Gasteiger partial charge on any atom is -0.478 e. The normalized spacial score (nSPS) is 12.5. The number of carboxylic acids is 1. The zero-order valence-electron chi connectivity index (χ0n) is 13.3. The van der Waals surface area contributed by atoms with Crippen molar-refractivity contribution >= 4 is 17.6 Å². The first-order valence-electron chi connectivity index (χ1n) is 7.48. The topological polar surface area (TPSA) is 66.4 Å². The highest BCUT2D eigenvalue weighted by atomic mass is 19.4. The number of hydrogen-bond acceptors (Lipinski definition) is 2. The van der Waals surface area contributed by atoms with Gasteiger partial charge in [0.25, 0.3) is 0 Å². The van der Waals surface area contributed by atoms with Crippen molar-refractivity contribution < 1.29 is 27.9 Å². The van der Waals surface area contributed by atoms with Crippen LogP contribution in [0.3, 0.4) is 0 Å². The summed E-state index contributed by atoms with van der Waals surface area (Å²) in [5.74, 6) is -2.11. The summed E-state index contributed by atoms with van der Waals surface area (Å²) in [6.07, 6.45) is -4.17. The first kappa shape index (κ1) is 18.5. The number of amides is 1. The molecule has 1 unspecified atom stereocenters. The molecule has 2 N–H and O–H groups in total. The lowest BCUT2D eigenvalue weighted by atomic mass is 9.99. The molecule has 0 aromatic heterocycles. The molecule has 0 bridgehead atoms. The van der Waals surface area contributed by atoms with Crippen molar-refractivity contribution in [2.45, 2.75) is 19.5 Å². The summed E-state index contributed by atoms with van der Waals surface area (Å²) in [5.41, 5.74) is -0.0113. The van der Waals surface area contributed by atoms with Crippen LogP contribution < -0.4 is 5.32 Å². The summed E-state index contributed by atoms with van der Waals surface area (Å²) in [7, 11) is 0. The lowest BCUT2D eigenvalue weighted by molar-refractivity contribution is -0.137. The molecular weight excluding hydrogens is 335 g/mol. The third kappa shape index (κ3) is 4.82. The molecular formula is C18H16F3NO3. The minimum atomic E-state index is -4.40. The van der Waals surface area contributed by atoms with E-state index in [0.717, 1.165) is 12.1 Å². The number of carbonyl (C=O) groups is 2. The van der Waals surface area contributed by atoms with E-state index in [1.54, 1.807) is 19.1 Å². The van der Waals surface area contributed by atoms with Crippen LogP contribution in [0.2, 0.25) is 0 Å². The van der Waals surface area contributed by atoms with Gasteiger partial charge in [0.1, 0.15) is 0 Å². The Bertz CT molecular complexity index is 770. The van der Waals surface area contributed by atoms with E-state index in [9.17, 15) is 22.8 Å². The Morgan fingerprint density at radius 1 is 1.08 bits per heavy atom. The van der Waals surface area contributed by atoms with Gasteiger partial charge in [-0.15, -0.1) is 0 Å². The Kier molecular flexibility index (Phi) is 5.46. The molecule has 2 aromatic rings. The molecule has 0 aliphatic carbocycles. The van der Waals surface area contributed by atoms with E-state index in [0.29, 0.717) is 5.56 Å². The number of anilines is 1. The molecule has 0 saturated carbocycles. The molecule has 25 heavy (non-hydrogen) atoms. The predicted octanol–water partition coefficient (Wildman–Crippen LogP) is 4.22. The zero-order valence-corrected chi connectivity index (χ0v) is 13.3. The van der Waals surface area contributed by atoms with Crippen LogP contribution in [-0.4, -0.2) is 17.0 Å². The Morgan fingerprint density at radius 3 is 2.24 bits per heavy atom. The van der Waals surface area contributed by atoms with Gasteiger partial charge in [-0.25, -0.2) is 4.79 Å². The minimum absolute atomic E-state index is 0.0300. The number of carbonyl (C=O) groups excluding carboxylic acids is 1. The van der Waals surface area contributed by atoms with Gasteiger partial charge in [-0.05, 0) is 36.2 Å². The van der Waals surface area contributed by atoms with Crippen LogP contribution in [0.5, 0.6) is 0 Å². The summed E-state index contributed by atoms with van der Waals surface area (Å²) in [4.78, 5) is 23.4. The van der Waals surface area contributed by atoms with Gasteiger partial charge in [0.15, 0.2) is 0 Å². The number of aromatic carboxylic acids is 1. The Balaban J connectivity index is 2.05. The van der Waals surface area contributed by atoms with E-state index in [4.69, 9.17) is 5.11 Å². The third-order valence-corrected chi connectivity index (χ3v) is 3.69. The Morgan fingerprint density at radius 2 is 1.68 bits per heavy atom. The lowest BCUT2D eigenvalue weighted by Crippen LogP contribution is -2.23. The van der Waals surface area contributed by atoms with Gasteiger partial charge >= 0.3 is 12.1 Å². The predicted molar refractivity (Wildman–Crippen MR) is 86.3 cm³/mol. The van der Waals surface area contributed by atoms with Gasteiger partial charge < -0.3 is 10.4 Å². The van der Waals surface area contributed by atoms with Crippen LogP contribution in [0.15, 0.2) is 48.5 Å². The van der Waals surface area contributed by atoms with Gasteiger partial charge in [0.2, 0.25) is 5.91 Å². The van der Waals surface area contributed by atoms with Crippen molar-refractivity contribution in [3.8, 4) is 0 Å². The van der Waals surface area contributed by atoms with E-state index in [-0.39, 0.29) is 17.7 Å². The van der Waals surface area contributed by atoms with Crippen molar-refractivity contribution in [1.29, 1.82) is 0 Å². The highest BCUT2D eigenvalue weighted by Crippen LogP contribution is 2.29. The summed E-state index contributed by atoms with van der Waals surface area (Å²) >= 11 is 0. The van der Waals surface area contributed by atoms with Crippen LogP contribution in [0.4, 0.5) is 18.9 Å². The van der Waals surface area contributed by atoms with E-state index < -0.39 is 29.5 Å². The molecule has 132 valence electrons. The van der Waals surface area contributed by atoms with E-state index in [2.05, 4.69) is 5.32 Å². The highest BCUT2D eigenvalue weighted by Gasteiger charge is 2.30. The van der Waals surface area contributed by atoms with Crippen molar-refractivity contribution in [1.82, 2.24) is 0 Å². The summed E-state index contributed by atoms with van der Waals surface area (Å²) in [6.45, 7) is 1.62. The van der Waals surface area contributed by atoms with Crippen LogP contribution in [0, 0.1) is 5.92 Å². The maximum atomic E-state index is 12.5. The fourth-order valence-electron chi connectivity index (χ4n) is 2.31. The second-order valence-corrected chi connectivity index (χ2v) is 5.64. The summed E-state index contributed by atoms with van der Waals surface area (Å²) < 4.78 is 37.6. The van der Waals surface area contributed by atoms with Gasteiger partial charge in [-0.2, -0.15) is 13.2 Å². The Hall–Kier alpha value is -2.83. The molecule has 4 nitrogen and oxygen atoms in total. The molecule has 0 aliphatic rings.